The van der Waals surface area contributed by atoms with E-state index in [0.29, 0.717) is 5.57 Å². The van der Waals surface area contributed by atoms with Gasteiger partial charge in [-0.2, -0.15) is 9.36 Å². The fraction of sp³-hybridized carbons (Fsp3) is 0.440. The number of carboxylic acid groups (broad SMARTS) is 2. The second-order valence-electron chi connectivity index (χ2n) is 10.8. The van der Waals surface area contributed by atoms with Crippen molar-refractivity contribution in [2.24, 2.45) is 17.9 Å². The molecule has 0 aliphatic carbocycles. The van der Waals surface area contributed by atoms with E-state index in [1.807, 2.05) is 0 Å². The van der Waals surface area contributed by atoms with Crippen LogP contribution in [0.1, 0.15) is 26.1 Å². The topological polar surface area (TPSA) is 316 Å². The van der Waals surface area contributed by atoms with E-state index < -0.39 is 64.7 Å². The Morgan fingerprint density at radius 3 is 2.52 bits per heavy atom. The predicted octanol–water partition coefficient (Wildman–Crippen LogP) is -3.25. The van der Waals surface area contributed by atoms with Crippen LogP contribution in [0.5, 0.6) is 0 Å². The van der Waals surface area contributed by atoms with E-state index in [2.05, 4.69) is 30.5 Å². The van der Waals surface area contributed by atoms with Crippen molar-refractivity contribution >= 4 is 81.2 Å². The van der Waals surface area contributed by atoms with Gasteiger partial charge < -0.3 is 48.2 Å². The second-order valence-corrected chi connectivity index (χ2v) is 12.7. The van der Waals surface area contributed by atoms with Crippen molar-refractivity contribution in [2.75, 3.05) is 35.6 Å². The number of hydrogen-bond acceptors (Lipinski definition) is 15. The van der Waals surface area contributed by atoms with E-state index >= 15 is 0 Å². The molecule has 21 nitrogen and oxygen atoms in total. The molecule has 0 aromatic carbocycles. The lowest BCUT2D eigenvalue weighted by Gasteiger charge is -2.49. The summed E-state index contributed by atoms with van der Waals surface area (Å²) in [7, 11) is 1.57. The summed E-state index contributed by atoms with van der Waals surface area (Å²) in [5, 5.41) is 29.8. The van der Waals surface area contributed by atoms with Gasteiger partial charge in [-0.1, -0.05) is 5.16 Å². The molecule has 48 heavy (non-hydrogen) atoms. The normalized spacial score (nSPS) is 17.7. The largest absolute Gasteiger partial charge is 0.478 e. The van der Waals surface area contributed by atoms with Gasteiger partial charge in [0.1, 0.15) is 23.5 Å². The minimum absolute atomic E-state index is 0.0152. The molecule has 0 radical (unpaired) electrons. The van der Waals surface area contributed by atoms with Crippen molar-refractivity contribution in [3.63, 3.8) is 0 Å². The zero-order valence-electron chi connectivity index (χ0n) is 25.8. The number of carboxylic acids is 2. The van der Waals surface area contributed by atoms with Crippen LogP contribution in [-0.2, 0) is 47.2 Å². The highest BCUT2D eigenvalue weighted by Crippen LogP contribution is 2.40. The van der Waals surface area contributed by atoms with Crippen LogP contribution in [0.2, 0.25) is 0 Å². The van der Waals surface area contributed by atoms with Gasteiger partial charge in [-0.15, -0.1) is 21.1 Å². The standard InChI is InChI=1S/C25H32N12O9S2/c1-25(2,23(44)45)46-33-14(18-32-24(28)48-34-18)19(40)31-15-20(41)37-16(22(42)43)10(9-47-21(15)37)7-36-8-11(17(27)35(36)3)30-13(39)6-12(38)29-5-4-26/h8,15,21,27H,4-7,9,26H2,1-3H3,(H7,28,29,30,31,32,34,38,39,40,42,43,44,45)/p+1/b33-14-/t15-,21-/m1/s1. The molecular weight excluding hydrogens is 676 g/mol. The number of β-lactam (4-membered cyclic amide) rings is 1. The summed E-state index contributed by atoms with van der Waals surface area (Å²) in [5.41, 5.74) is 15.0. The molecule has 4 amide bonds. The Kier molecular flexibility index (Phi) is 10.5. The number of nitrogens with one attached hydrogen (secondary N) is 3. The number of aromatic nitrogens is 4. The zero-order valence-corrected chi connectivity index (χ0v) is 27.4. The van der Waals surface area contributed by atoms with Crippen LogP contribution in [0.15, 0.2) is 22.6 Å². The second kappa shape index (κ2) is 14.2. The molecule has 11 N–H and O–H groups in total. The number of rotatable bonds is 14. The van der Waals surface area contributed by atoms with E-state index in [1.165, 1.54) is 41.2 Å². The summed E-state index contributed by atoms with van der Waals surface area (Å²) in [6, 6.07) is -1.19. The van der Waals surface area contributed by atoms with Crippen molar-refractivity contribution in [3.05, 3.63) is 23.3 Å². The van der Waals surface area contributed by atoms with Crippen LogP contribution in [0, 0.1) is 0 Å². The first-order valence-corrected chi connectivity index (χ1v) is 15.8. The number of amides is 4. The number of nitrogens with zero attached hydrogens (tertiary/aromatic N) is 6. The summed E-state index contributed by atoms with van der Waals surface area (Å²) >= 11 is 1.93. The number of thioether (sulfide) groups is 1. The average Bonchev–Trinajstić information content (AvgIpc) is 3.56. The number of aliphatic carboxylic acids is 2. The van der Waals surface area contributed by atoms with Crippen molar-refractivity contribution in [1.29, 1.82) is 0 Å². The van der Waals surface area contributed by atoms with Crippen molar-refractivity contribution in [3.8, 4) is 0 Å². The maximum atomic E-state index is 13.3. The van der Waals surface area contributed by atoms with Gasteiger partial charge in [-0.3, -0.25) is 24.1 Å². The minimum atomic E-state index is -1.83. The summed E-state index contributed by atoms with van der Waals surface area (Å²) < 4.78 is 6.90. The quantitative estimate of drug-likeness (QED) is 0.0314. The molecule has 4 rings (SSSR count). The molecule has 258 valence electrons. The number of carbonyl (C=O) groups excluding carboxylic acids is 4. The monoisotopic (exact) mass is 709 g/mol. The van der Waals surface area contributed by atoms with Crippen LogP contribution in [-0.4, -0.2) is 106 Å². The first-order valence-electron chi connectivity index (χ1n) is 14.0. The van der Waals surface area contributed by atoms with Gasteiger partial charge in [-0.05, 0) is 13.8 Å². The third-order valence-corrected chi connectivity index (χ3v) is 8.87. The molecule has 0 unspecified atom stereocenters. The van der Waals surface area contributed by atoms with Gasteiger partial charge in [0, 0.05) is 35.9 Å². The highest BCUT2D eigenvalue weighted by Gasteiger charge is 2.55. The van der Waals surface area contributed by atoms with Gasteiger partial charge in [0.15, 0.2) is 23.2 Å². The van der Waals surface area contributed by atoms with Crippen LogP contribution >= 0.6 is 23.3 Å². The molecule has 0 spiro atoms. The SMILES string of the molecule is Cn1c(N)c(NC(=O)CC(=O)NCCN)c[n+]1CC1=C(C(=O)O)N2C(=O)[C@@H](NC(=O)/C(=N\OC(C)(C)C(=O)O)c3nsc(N)n3)[C@H]2SC1. The Morgan fingerprint density at radius 2 is 1.92 bits per heavy atom. The van der Waals surface area contributed by atoms with Gasteiger partial charge >= 0.3 is 11.9 Å². The molecule has 4 heterocycles. The Morgan fingerprint density at radius 1 is 1.21 bits per heavy atom. The van der Waals surface area contributed by atoms with E-state index in [1.54, 1.807) is 7.05 Å². The predicted molar refractivity (Wildman–Crippen MR) is 169 cm³/mol. The van der Waals surface area contributed by atoms with Crippen LogP contribution in [0.25, 0.3) is 0 Å². The Bertz CT molecular complexity index is 1730. The average molecular weight is 710 g/mol. The summed E-state index contributed by atoms with van der Waals surface area (Å²) in [4.78, 5) is 84.7. The smallest absolute Gasteiger partial charge is 0.352 e. The van der Waals surface area contributed by atoms with Crippen LogP contribution in [0.4, 0.5) is 16.6 Å². The summed E-state index contributed by atoms with van der Waals surface area (Å²) in [6.45, 7) is 2.78. The molecule has 0 saturated carbocycles. The number of carbonyl (C=O) groups is 6. The van der Waals surface area contributed by atoms with Crippen molar-refractivity contribution in [2.45, 2.75) is 43.8 Å². The first kappa shape index (κ1) is 35.6. The number of oxime groups is 1. The van der Waals surface area contributed by atoms with Crippen molar-refractivity contribution < 1.29 is 48.5 Å². The molecule has 2 aromatic rings. The molecule has 2 aliphatic heterocycles. The van der Waals surface area contributed by atoms with E-state index in [9.17, 15) is 39.0 Å². The molecule has 1 fully saturated rings. The Balaban J connectivity index is 1.51. The fourth-order valence-corrected chi connectivity index (χ4v) is 6.17. The zero-order chi connectivity index (χ0) is 35.5. The fourth-order valence-electron chi connectivity index (χ4n) is 4.40. The van der Waals surface area contributed by atoms with Crippen molar-refractivity contribution in [1.82, 2.24) is 29.6 Å². The molecule has 1 saturated heterocycles. The first-order chi connectivity index (χ1) is 22.5. The molecule has 2 aliphatic rings. The Labute approximate surface area is 279 Å². The lowest BCUT2D eigenvalue weighted by molar-refractivity contribution is -0.765. The minimum Gasteiger partial charge on any atom is -0.478 e. The van der Waals surface area contributed by atoms with Crippen LogP contribution < -0.4 is 37.8 Å². The lowest BCUT2D eigenvalue weighted by atomic mass is 10.0. The molecule has 2 atom stereocenters. The molecular formula is C25H33N12O9S2+. The van der Waals surface area contributed by atoms with Crippen LogP contribution in [0.3, 0.4) is 0 Å². The van der Waals surface area contributed by atoms with Gasteiger partial charge in [0.05, 0.1) is 7.05 Å². The molecule has 0 bridgehead atoms. The van der Waals surface area contributed by atoms with Gasteiger partial charge in [0.2, 0.25) is 35.1 Å². The van der Waals surface area contributed by atoms with E-state index in [4.69, 9.17) is 22.0 Å². The van der Waals surface area contributed by atoms with Gasteiger partial charge in [0.25, 0.3) is 11.8 Å². The third kappa shape index (κ3) is 7.47. The molecule has 23 heteroatoms. The molecule has 2 aromatic heterocycles. The maximum Gasteiger partial charge on any atom is 0.352 e. The lowest BCUT2D eigenvalue weighted by Crippen LogP contribution is -2.71. The van der Waals surface area contributed by atoms with E-state index in [0.717, 1.165) is 16.4 Å². The van der Waals surface area contributed by atoms with Gasteiger partial charge in [-0.25, -0.2) is 9.59 Å². The Hall–Kier alpha value is -5.29. The summed E-state index contributed by atoms with van der Waals surface area (Å²) in [5.74, 6) is -5.65. The maximum absolute atomic E-state index is 13.3. The van der Waals surface area contributed by atoms with E-state index in [-0.39, 0.29) is 53.5 Å². The number of nitrogen functional groups attached to an aromatic ring is 2. The highest BCUT2D eigenvalue weighted by atomic mass is 32.2. The number of hydrogen-bond donors (Lipinski definition) is 8. The summed E-state index contributed by atoms with van der Waals surface area (Å²) in [6.07, 6.45) is 0.994. The number of anilines is 3. The number of fused-ring (bicyclic) bond motifs is 1. The number of nitrogens with two attached hydrogens (primary N) is 3. The third-order valence-electron chi connectivity index (χ3n) is 6.99. The highest BCUT2D eigenvalue weighted by molar-refractivity contribution is 8.00.